The molecule has 0 aliphatic heterocycles. The first-order valence-electron chi connectivity index (χ1n) is 6.60. The normalized spacial score (nSPS) is 11.0. The predicted molar refractivity (Wildman–Crippen MR) is 76.9 cm³/mol. The van der Waals surface area contributed by atoms with Crippen molar-refractivity contribution in [3.63, 3.8) is 0 Å². The van der Waals surface area contributed by atoms with E-state index < -0.39 is 17.6 Å². The fraction of sp³-hybridized carbons (Fsp3) is 0.125. The number of carboxylic acid groups (broad SMARTS) is 1. The Morgan fingerprint density at radius 1 is 1.23 bits per heavy atom. The Morgan fingerprint density at radius 3 is 2.68 bits per heavy atom. The van der Waals surface area contributed by atoms with E-state index in [0.29, 0.717) is 10.9 Å². The summed E-state index contributed by atoms with van der Waals surface area (Å²) in [6, 6.07) is 8.54. The summed E-state index contributed by atoms with van der Waals surface area (Å²) in [6.07, 6.45) is 0. The quantitative estimate of drug-likeness (QED) is 0.807. The fourth-order valence-corrected chi connectivity index (χ4v) is 2.37. The fourth-order valence-electron chi connectivity index (χ4n) is 2.37. The van der Waals surface area contributed by atoms with E-state index in [-0.39, 0.29) is 17.8 Å². The standard InChI is InChI=1S/C16H12F2N2O2/c1-9-2-5-12-14(6-9)20(19-15(12)16(21)22)8-10-3-4-11(17)7-13(10)18/h2-7H,8H2,1H3,(H,21,22). The molecule has 3 aromatic rings. The second kappa shape index (κ2) is 5.22. The highest BCUT2D eigenvalue weighted by atomic mass is 19.1. The second-order valence-electron chi connectivity index (χ2n) is 5.07. The molecule has 2 aromatic carbocycles. The SMILES string of the molecule is Cc1ccc2c(C(=O)O)nn(Cc3ccc(F)cc3F)c2c1. The van der Waals surface area contributed by atoms with Gasteiger partial charge in [0.05, 0.1) is 12.1 Å². The molecule has 3 rings (SSSR count). The largest absolute Gasteiger partial charge is 0.476 e. The lowest BCUT2D eigenvalue weighted by Crippen LogP contribution is -2.06. The summed E-state index contributed by atoms with van der Waals surface area (Å²) >= 11 is 0. The minimum Gasteiger partial charge on any atom is -0.476 e. The lowest BCUT2D eigenvalue weighted by molar-refractivity contribution is 0.0691. The van der Waals surface area contributed by atoms with Gasteiger partial charge in [0.15, 0.2) is 5.69 Å². The first kappa shape index (κ1) is 14.2. The van der Waals surface area contributed by atoms with Crippen LogP contribution in [0.4, 0.5) is 8.78 Å². The van der Waals surface area contributed by atoms with E-state index in [4.69, 9.17) is 0 Å². The van der Waals surface area contributed by atoms with Crippen molar-refractivity contribution in [3.8, 4) is 0 Å². The summed E-state index contributed by atoms with van der Waals surface area (Å²) in [6.45, 7) is 1.90. The molecule has 0 radical (unpaired) electrons. The zero-order valence-electron chi connectivity index (χ0n) is 11.7. The van der Waals surface area contributed by atoms with Gasteiger partial charge >= 0.3 is 5.97 Å². The molecule has 0 bridgehead atoms. The molecule has 1 heterocycles. The lowest BCUT2D eigenvalue weighted by atomic mass is 10.1. The van der Waals surface area contributed by atoms with E-state index in [1.807, 2.05) is 6.92 Å². The minimum atomic E-state index is -1.15. The molecule has 1 aromatic heterocycles. The maximum atomic E-state index is 13.8. The molecule has 0 unspecified atom stereocenters. The van der Waals surface area contributed by atoms with Gasteiger partial charge in [-0.1, -0.05) is 18.2 Å². The predicted octanol–water partition coefficient (Wildman–Crippen LogP) is 3.37. The zero-order valence-corrected chi connectivity index (χ0v) is 11.7. The van der Waals surface area contributed by atoms with Crippen LogP contribution in [-0.4, -0.2) is 20.9 Å². The molecule has 112 valence electrons. The molecule has 0 amide bonds. The highest BCUT2D eigenvalue weighted by Gasteiger charge is 2.17. The molecule has 22 heavy (non-hydrogen) atoms. The van der Waals surface area contributed by atoms with E-state index in [1.54, 1.807) is 18.2 Å². The molecule has 0 saturated heterocycles. The highest BCUT2D eigenvalue weighted by molar-refractivity contribution is 6.01. The van der Waals surface area contributed by atoms with Crippen LogP contribution in [0.3, 0.4) is 0 Å². The molecule has 0 fully saturated rings. The zero-order chi connectivity index (χ0) is 15.9. The summed E-state index contributed by atoms with van der Waals surface area (Å²) in [5, 5.41) is 13.8. The smallest absolute Gasteiger partial charge is 0.357 e. The number of aromatic carboxylic acids is 1. The molecular weight excluding hydrogens is 290 g/mol. The number of halogens is 2. The lowest BCUT2D eigenvalue weighted by Gasteiger charge is -2.06. The Labute approximate surface area is 124 Å². The maximum absolute atomic E-state index is 13.8. The average Bonchev–Trinajstić information content (AvgIpc) is 2.80. The number of fused-ring (bicyclic) bond motifs is 1. The molecular formula is C16H12F2N2O2. The Kier molecular flexibility index (Phi) is 3.36. The van der Waals surface area contributed by atoms with Crippen molar-refractivity contribution in [1.29, 1.82) is 0 Å². The Morgan fingerprint density at radius 2 is 2.00 bits per heavy atom. The highest BCUT2D eigenvalue weighted by Crippen LogP contribution is 2.22. The Balaban J connectivity index is 2.14. The summed E-state index contributed by atoms with van der Waals surface area (Å²) in [5.74, 6) is -2.49. The van der Waals surface area contributed by atoms with Gasteiger partial charge in [-0.3, -0.25) is 4.68 Å². The van der Waals surface area contributed by atoms with Gasteiger partial charge in [-0.25, -0.2) is 13.6 Å². The van der Waals surface area contributed by atoms with Crippen LogP contribution in [0.2, 0.25) is 0 Å². The van der Waals surface area contributed by atoms with Crippen LogP contribution in [0.1, 0.15) is 21.6 Å². The minimum absolute atomic E-state index is 0.0271. The number of nitrogens with zero attached hydrogens (tertiary/aromatic N) is 2. The average molecular weight is 302 g/mol. The van der Waals surface area contributed by atoms with Crippen LogP contribution in [0.25, 0.3) is 10.9 Å². The van der Waals surface area contributed by atoms with Crippen LogP contribution < -0.4 is 0 Å². The topological polar surface area (TPSA) is 55.1 Å². The number of aryl methyl sites for hydroxylation is 1. The van der Waals surface area contributed by atoms with Gasteiger partial charge in [0, 0.05) is 17.0 Å². The number of carbonyl (C=O) groups is 1. The van der Waals surface area contributed by atoms with Crippen LogP contribution >= 0.6 is 0 Å². The van der Waals surface area contributed by atoms with Crippen molar-refractivity contribution in [2.75, 3.05) is 0 Å². The van der Waals surface area contributed by atoms with E-state index in [9.17, 15) is 18.7 Å². The van der Waals surface area contributed by atoms with Crippen molar-refractivity contribution in [1.82, 2.24) is 9.78 Å². The van der Waals surface area contributed by atoms with Crippen molar-refractivity contribution in [2.24, 2.45) is 0 Å². The molecule has 1 N–H and O–H groups in total. The monoisotopic (exact) mass is 302 g/mol. The van der Waals surface area contributed by atoms with E-state index in [2.05, 4.69) is 5.10 Å². The molecule has 6 heteroatoms. The molecule has 0 spiro atoms. The molecule has 4 nitrogen and oxygen atoms in total. The molecule has 0 aliphatic carbocycles. The van der Waals surface area contributed by atoms with Crippen LogP contribution in [0.5, 0.6) is 0 Å². The van der Waals surface area contributed by atoms with Gasteiger partial charge in [-0.05, 0) is 24.6 Å². The van der Waals surface area contributed by atoms with E-state index >= 15 is 0 Å². The third-order valence-corrected chi connectivity index (χ3v) is 3.44. The number of benzene rings is 2. The second-order valence-corrected chi connectivity index (χ2v) is 5.07. The van der Waals surface area contributed by atoms with Gasteiger partial charge in [0.1, 0.15) is 11.6 Å². The maximum Gasteiger partial charge on any atom is 0.357 e. The van der Waals surface area contributed by atoms with Gasteiger partial charge in [0.2, 0.25) is 0 Å². The van der Waals surface area contributed by atoms with Gasteiger partial charge in [0.25, 0.3) is 0 Å². The number of hydrogen-bond donors (Lipinski definition) is 1. The van der Waals surface area contributed by atoms with E-state index in [1.165, 1.54) is 10.7 Å². The summed E-state index contributed by atoms with van der Waals surface area (Å²) < 4.78 is 28.2. The van der Waals surface area contributed by atoms with Crippen molar-refractivity contribution < 1.29 is 18.7 Å². The van der Waals surface area contributed by atoms with Crippen LogP contribution in [0, 0.1) is 18.6 Å². The molecule has 0 saturated carbocycles. The van der Waals surface area contributed by atoms with Crippen LogP contribution in [-0.2, 0) is 6.54 Å². The third kappa shape index (κ3) is 2.43. The molecule has 0 atom stereocenters. The van der Waals surface area contributed by atoms with Crippen molar-refractivity contribution >= 4 is 16.9 Å². The third-order valence-electron chi connectivity index (χ3n) is 3.44. The first-order valence-corrected chi connectivity index (χ1v) is 6.60. The first-order chi connectivity index (χ1) is 10.5. The molecule has 0 aliphatic rings. The van der Waals surface area contributed by atoms with Gasteiger partial charge in [-0.2, -0.15) is 5.10 Å². The summed E-state index contributed by atoms with van der Waals surface area (Å²) in [5.41, 5.74) is 1.69. The van der Waals surface area contributed by atoms with Gasteiger partial charge < -0.3 is 5.11 Å². The van der Waals surface area contributed by atoms with Crippen molar-refractivity contribution in [2.45, 2.75) is 13.5 Å². The van der Waals surface area contributed by atoms with E-state index in [0.717, 1.165) is 17.7 Å². The summed E-state index contributed by atoms with van der Waals surface area (Å²) in [4.78, 5) is 11.3. The van der Waals surface area contributed by atoms with Crippen LogP contribution in [0.15, 0.2) is 36.4 Å². The number of hydrogen-bond acceptors (Lipinski definition) is 2. The van der Waals surface area contributed by atoms with Crippen molar-refractivity contribution in [3.05, 3.63) is 64.9 Å². The van der Waals surface area contributed by atoms with Gasteiger partial charge in [-0.15, -0.1) is 0 Å². The Bertz CT molecular complexity index is 887. The summed E-state index contributed by atoms with van der Waals surface area (Å²) in [7, 11) is 0. The number of aromatic nitrogens is 2. The Hall–Kier alpha value is -2.76. The number of carboxylic acids is 1. The number of rotatable bonds is 3.